The molecule has 1 aliphatic heterocycles. The van der Waals surface area contributed by atoms with E-state index in [4.69, 9.17) is 0 Å². The van der Waals surface area contributed by atoms with Crippen molar-refractivity contribution >= 4 is 0 Å². The monoisotopic (exact) mass is 193 g/mol. The van der Waals surface area contributed by atoms with E-state index in [2.05, 4.69) is 5.32 Å². The van der Waals surface area contributed by atoms with Gasteiger partial charge in [-0.05, 0) is 44.4 Å². The maximum Gasteiger partial charge on any atom is 0.126 e. The highest BCUT2D eigenvalue weighted by Gasteiger charge is 2.16. The lowest BCUT2D eigenvalue weighted by Gasteiger charge is -2.11. The SMILES string of the molecule is Cc1ccc(F)c(CC2CCCN2)c1. The summed E-state index contributed by atoms with van der Waals surface area (Å²) in [6.45, 7) is 3.09. The average molecular weight is 193 g/mol. The third-order valence-electron chi connectivity index (χ3n) is 2.83. The van der Waals surface area contributed by atoms with E-state index in [1.54, 1.807) is 6.07 Å². The van der Waals surface area contributed by atoms with Crippen LogP contribution in [0.25, 0.3) is 0 Å². The molecular weight excluding hydrogens is 177 g/mol. The van der Waals surface area contributed by atoms with E-state index in [0.717, 1.165) is 24.1 Å². The van der Waals surface area contributed by atoms with Crippen molar-refractivity contribution in [1.29, 1.82) is 0 Å². The minimum absolute atomic E-state index is 0.0655. The van der Waals surface area contributed by atoms with Crippen LogP contribution in [0.5, 0.6) is 0 Å². The molecule has 1 unspecified atom stereocenters. The summed E-state index contributed by atoms with van der Waals surface area (Å²) in [6, 6.07) is 5.82. The van der Waals surface area contributed by atoms with E-state index >= 15 is 0 Å². The van der Waals surface area contributed by atoms with Gasteiger partial charge in [-0.15, -0.1) is 0 Å². The highest BCUT2D eigenvalue weighted by Crippen LogP contribution is 2.16. The van der Waals surface area contributed by atoms with E-state index < -0.39 is 0 Å². The fourth-order valence-corrected chi connectivity index (χ4v) is 2.06. The minimum atomic E-state index is -0.0655. The maximum atomic E-state index is 13.4. The Kier molecular flexibility index (Phi) is 2.82. The molecule has 14 heavy (non-hydrogen) atoms. The molecular formula is C12H16FN. The largest absolute Gasteiger partial charge is 0.314 e. The molecule has 0 radical (unpaired) electrons. The molecule has 0 aliphatic carbocycles. The number of benzene rings is 1. The van der Waals surface area contributed by atoms with Gasteiger partial charge in [0, 0.05) is 6.04 Å². The normalized spacial score (nSPS) is 21.4. The molecule has 1 nitrogen and oxygen atoms in total. The lowest BCUT2D eigenvalue weighted by Crippen LogP contribution is -2.24. The van der Waals surface area contributed by atoms with Crippen LogP contribution in [-0.4, -0.2) is 12.6 Å². The van der Waals surface area contributed by atoms with Crippen LogP contribution in [0, 0.1) is 12.7 Å². The van der Waals surface area contributed by atoms with Crippen LogP contribution in [0.3, 0.4) is 0 Å². The predicted molar refractivity (Wildman–Crippen MR) is 55.9 cm³/mol. The Labute approximate surface area is 84.3 Å². The Morgan fingerprint density at radius 3 is 3.07 bits per heavy atom. The summed E-state index contributed by atoms with van der Waals surface area (Å²) in [5.74, 6) is -0.0655. The molecule has 0 spiro atoms. The molecule has 0 aromatic heterocycles. The molecule has 1 aromatic rings. The van der Waals surface area contributed by atoms with Crippen LogP contribution in [0.4, 0.5) is 4.39 Å². The Bertz CT molecular complexity index is 316. The van der Waals surface area contributed by atoms with Crippen molar-refractivity contribution in [3.05, 3.63) is 35.1 Å². The predicted octanol–water partition coefficient (Wildman–Crippen LogP) is 2.43. The second-order valence-electron chi connectivity index (χ2n) is 4.09. The zero-order valence-corrected chi connectivity index (χ0v) is 8.52. The second-order valence-corrected chi connectivity index (χ2v) is 4.09. The molecule has 0 bridgehead atoms. The second kappa shape index (κ2) is 4.09. The molecule has 2 heteroatoms. The Morgan fingerprint density at radius 2 is 2.36 bits per heavy atom. The zero-order chi connectivity index (χ0) is 9.97. The van der Waals surface area contributed by atoms with Crippen LogP contribution in [-0.2, 0) is 6.42 Å². The van der Waals surface area contributed by atoms with Gasteiger partial charge in [0.25, 0.3) is 0 Å². The van der Waals surface area contributed by atoms with Gasteiger partial charge in [-0.3, -0.25) is 0 Å². The van der Waals surface area contributed by atoms with Gasteiger partial charge in [0.1, 0.15) is 5.82 Å². The van der Waals surface area contributed by atoms with Crippen LogP contribution in [0.2, 0.25) is 0 Å². The Balaban J connectivity index is 2.10. The summed E-state index contributed by atoms with van der Waals surface area (Å²) in [6.07, 6.45) is 3.22. The molecule has 1 aromatic carbocycles. The lowest BCUT2D eigenvalue weighted by molar-refractivity contribution is 0.560. The first-order chi connectivity index (χ1) is 6.75. The van der Waals surface area contributed by atoms with Crippen molar-refractivity contribution in [2.24, 2.45) is 0 Å². The van der Waals surface area contributed by atoms with Gasteiger partial charge >= 0.3 is 0 Å². The van der Waals surface area contributed by atoms with Crippen molar-refractivity contribution in [2.75, 3.05) is 6.54 Å². The van der Waals surface area contributed by atoms with E-state index in [-0.39, 0.29) is 5.82 Å². The number of aryl methyl sites for hydroxylation is 1. The molecule has 2 rings (SSSR count). The third-order valence-corrected chi connectivity index (χ3v) is 2.83. The number of hydrogen-bond donors (Lipinski definition) is 1. The maximum absolute atomic E-state index is 13.4. The summed E-state index contributed by atoms with van der Waals surface area (Å²) < 4.78 is 13.4. The molecule has 1 aliphatic rings. The van der Waals surface area contributed by atoms with Gasteiger partial charge < -0.3 is 5.32 Å². The van der Waals surface area contributed by atoms with Crippen LogP contribution in [0.15, 0.2) is 18.2 Å². The zero-order valence-electron chi connectivity index (χ0n) is 8.52. The summed E-state index contributed by atoms with van der Waals surface area (Å²) in [5.41, 5.74) is 1.99. The van der Waals surface area contributed by atoms with Gasteiger partial charge in [-0.2, -0.15) is 0 Å². The van der Waals surface area contributed by atoms with E-state index in [1.807, 2.05) is 19.1 Å². The third kappa shape index (κ3) is 2.13. The lowest BCUT2D eigenvalue weighted by atomic mass is 10.0. The van der Waals surface area contributed by atoms with Crippen molar-refractivity contribution in [3.8, 4) is 0 Å². The topological polar surface area (TPSA) is 12.0 Å². The minimum Gasteiger partial charge on any atom is -0.314 e. The van der Waals surface area contributed by atoms with Gasteiger partial charge in [-0.25, -0.2) is 4.39 Å². The van der Waals surface area contributed by atoms with E-state index in [0.29, 0.717) is 6.04 Å². The number of nitrogens with one attached hydrogen (secondary N) is 1. The molecule has 76 valence electrons. The van der Waals surface area contributed by atoms with E-state index in [1.165, 1.54) is 12.8 Å². The fourth-order valence-electron chi connectivity index (χ4n) is 2.06. The quantitative estimate of drug-likeness (QED) is 0.760. The Hall–Kier alpha value is -0.890. The van der Waals surface area contributed by atoms with Gasteiger partial charge in [0.15, 0.2) is 0 Å². The van der Waals surface area contributed by atoms with Crippen LogP contribution < -0.4 is 5.32 Å². The van der Waals surface area contributed by atoms with E-state index in [9.17, 15) is 4.39 Å². The van der Waals surface area contributed by atoms with Gasteiger partial charge in [0.05, 0.1) is 0 Å². The summed E-state index contributed by atoms with van der Waals surface area (Å²) in [7, 11) is 0. The van der Waals surface area contributed by atoms with Crippen molar-refractivity contribution in [1.82, 2.24) is 5.32 Å². The summed E-state index contributed by atoms with van der Waals surface area (Å²) >= 11 is 0. The van der Waals surface area contributed by atoms with Crippen LogP contribution >= 0.6 is 0 Å². The van der Waals surface area contributed by atoms with Crippen LogP contribution in [0.1, 0.15) is 24.0 Å². The first-order valence-corrected chi connectivity index (χ1v) is 5.24. The fraction of sp³-hybridized carbons (Fsp3) is 0.500. The summed E-state index contributed by atoms with van der Waals surface area (Å²) in [5, 5.41) is 3.39. The van der Waals surface area contributed by atoms with Crippen molar-refractivity contribution in [2.45, 2.75) is 32.2 Å². The molecule has 1 saturated heterocycles. The van der Waals surface area contributed by atoms with Gasteiger partial charge in [-0.1, -0.05) is 17.7 Å². The average Bonchev–Trinajstić information content (AvgIpc) is 2.64. The number of hydrogen-bond acceptors (Lipinski definition) is 1. The highest BCUT2D eigenvalue weighted by atomic mass is 19.1. The summed E-state index contributed by atoms with van der Waals surface area (Å²) in [4.78, 5) is 0. The van der Waals surface area contributed by atoms with Crippen molar-refractivity contribution < 1.29 is 4.39 Å². The molecule has 1 fully saturated rings. The van der Waals surface area contributed by atoms with Gasteiger partial charge in [0.2, 0.25) is 0 Å². The molecule has 0 amide bonds. The molecule has 0 saturated carbocycles. The molecule has 1 heterocycles. The Morgan fingerprint density at radius 1 is 1.50 bits per heavy atom. The first kappa shape index (κ1) is 9.66. The molecule has 1 atom stereocenters. The number of rotatable bonds is 2. The smallest absolute Gasteiger partial charge is 0.126 e. The molecule has 1 N–H and O–H groups in total. The first-order valence-electron chi connectivity index (χ1n) is 5.24. The number of halogens is 1. The van der Waals surface area contributed by atoms with Crippen molar-refractivity contribution in [3.63, 3.8) is 0 Å². The standard InChI is InChI=1S/C12H16FN/c1-9-4-5-12(13)10(7-9)8-11-3-2-6-14-11/h4-5,7,11,14H,2-3,6,8H2,1H3. The highest BCUT2D eigenvalue weighted by molar-refractivity contribution is 5.25.